The van der Waals surface area contributed by atoms with Gasteiger partial charge < -0.3 is 25.0 Å². The summed E-state index contributed by atoms with van der Waals surface area (Å²) in [6, 6.07) is 8.69. The first-order valence-electron chi connectivity index (χ1n) is 12.4. The number of hydrazine groups is 1. The van der Waals surface area contributed by atoms with Crippen molar-refractivity contribution in [1.29, 1.82) is 0 Å². The molecule has 2 aliphatic rings. The summed E-state index contributed by atoms with van der Waals surface area (Å²) in [5.74, 6) is -1.40. The van der Waals surface area contributed by atoms with Gasteiger partial charge in [0.1, 0.15) is 0 Å². The predicted molar refractivity (Wildman–Crippen MR) is 139 cm³/mol. The minimum atomic E-state index is -1.26. The first-order chi connectivity index (χ1) is 18.7. The van der Waals surface area contributed by atoms with Crippen LogP contribution in [-0.4, -0.2) is 69.4 Å². The van der Waals surface area contributed by atoms with Crippen molar-refractivity contribution >= 4 is 23.9 Å². The zero-order chi connectivity index (χ0) is 28.4. The summed E-state index contributed by atoms with van der Waals surface area (Å²) >= 11 is 0. The van der Waals surface area contributed by atoms with Crippen molar-refractivity contribution in [3.63, 3.8) is 0 Å². The van der Waals surface area contributed by atoms with Crippen LogP contribution < -0.4 is 14.8 Å². The maximum Gasteiger partial charge on any atom is 0.339 e. The second-order valence-corrected chi connectivity index (χ2v) is 8.96. The van der Waals surface area contributed by atoms with Crippen molar-refractivity contribution in [2.45, 2.75) is 50.8 Å². The molecular weight excluding hydrogens is 508 g/mol. The third-order valence-electron chi connectivity index (χ3n) is 6.27. The Balaban J connectivity index is 0.000000459. The Morgan fingerprint density at radius 2 is 1.79 bits per heavy atom. The molecule has 2 heterocycles. The number of amides is 3. The molecule has 1 aromatic heterocycles. The molecular formula is C27H32N4O8. The Bertz CT molecular complexity index is 1180. The van der Waals surface area contributed by atoms with Gasteiger partial charge in [-0.25, -0.2) is 19.4 Å². The number of carboxylic acids is 2. The van der Waals surface area contributed by atoms with E-state index < -0.39 is 18.0 Å². The number of hydrogen-bond donors (Lipinski definition) is 3. The van der Waals surface area contributed by atoms with E-state index in [1.165, 1.54) is 17.9 Å². The van der Waals surface area contributed by atoms with Crippen LogP contribution in [0.1, 0.15) is 49.3 Å². The average molecular weight is 541 g/mol. The highest BCUT2D eigenvalue weighted by atomic mass is 16.5. The van der Waals surface area contributed by atoms with Crippen LogP contribution in [0.2, 0.25) is 0 Å². The molecule has 39 heavy (non-hydrogen) atoms. The Kier molecular flexibility index (Phi) is 10.4. The second kappa shape index (κ2) is 13.9. The highest BCUT2D eigenvalue weighted by molar-refractivity contribution is 5.95. The summed E-state index contributed by atoms with van der Waals surface area (Å²) in [4.78, 5) is 48.5. The van der Waals surface area contributed by atoms with E-state index in [1.54, 1.807) is 37.6 Å². The topological polar surface area (TPSA) is 159 Å². The predicted octanol–water partition coefficient (Wildman–Crippen LogP) is 3.15. The van der Waals surface area contributed by atoms with Gasteiger partial charge in [0.2, 0.25) is 5.91 Å². The summed E-state index contributed by atoms with van der Waals surface area (Å²) in [6.07, 6.45) is 9.32. The van der Waals surface area contributed by atoms with Crippen LogP contribution in [0.4, 0.5) is 4.79 Å². The van der Waals surface area contributed by atoms with Gasteiger partial charge in [-0.15, -0.1) is 0 Å². The number of benzene rings is 1. The zero-order valence-corrected chi connectivity index (χ0v) is 21.8. The fraction of sp³-hybridized carbons (Fsp3) is 0.370. The zero-order valence-electron chi connectivity index (χ0n) is 21.8. The molecule has 4 rings (SSSR count). The van der Waals surface area contributed by atoms with Gasteiger partial charge in [-0.2, -0.15) is 5.01 Å². The monoisotopic (exact) mass is 540 g/mol. The second-order valence-electron chi connectivity index (χ2n) is 8.96. The van der Waals surface area contributed by atoms with E-state index in [0.717, 1.165) is 24.0 Å². The lowest BCUT2D eigenvalue weighted by Gasteiger charge is -2.27. The molecule has 2 aromatic rings. The Morgan fingerprint density at radius 3 is 2.38 bits per heavy atom. The van der Waals surface area contributed by atoms with Crippen LogP contribution in [0, 0.1) is 0 Å². The van der Waals surface area contributed by atoms with Crippen molar-refractivity contribution in [3.05, 3.63) is 66.0 Å². The van der Waals surface area contributed by atoms with E-state index in [0.29, 0.717) is 30.2 Å². The normalized spacial score (nSPS) is 17.5. The summed E-state index contributed by atoms with van der Waals surface area (Å²) in [7, 11) is 3.37. The van der Waals surface area contributed by atoms with E-state index in [9.17, 15) is 19.2 Å². The van der Waals surface area contributed by atoms with E-state index in [4.69, 9.17) is 19.7 Å². The quantitative estimate of drug-likeness (QED) is 0.425. The fourth-order valence-corrected chi connectivity index (χ4v) is 4.37. The van der Waals surface area contributed by atoms with Gasteiger partial charge in [0.25, 0.3) is 0 Å². The number of carbonyl (C=O) groups is 4. The van der Waals surface area contributed by atoms with Crippen molar-refractivity contribution in [2.75, 3.05) is 14.2 Å². The largest absolute Gasteiger partial charge is 0.493 e. The van der Waals surface area contributed by atoms with Gasteiger partial charge in [0.15, 0.2) is 11.5 Å². The number of ether oxygens (including phenoxy) is 2. The van der Waals surface area contributed by atoms with E-state index in [1.807, 2.05) is 24.3 Å². The SMILES string of the molecule is COc1ccc([C@@H]2CC(=O)N(C(=O)NCc3cccnc3)N2C)cc1OC1CCCC1.O=C(O)/C=C\C(=O)O. The van der Waals surface area contributed by atoms with Crippen LogP contribution in [-0.2, 0) is 20.9 Å². The molecule has 12 heteroatoms. The van der Waals surface area contributed by atoms with E-state index in [-0.39, 0.29) is 24.5 Å². The number of aliphatic carboxylic acids is 2. The van der Waals surface area contributed by atoms with E-state index >= 15 is 0 Å². The van der Waals surface area contributed by atoms with Gasteiger partial charge in [-0.1, -0.05) is 12.1 Å². The molecule has 1 saturated heterocycles. The number of carbonyl (C=O) groups excluding carboxylic acids is 2. The molecule has 3 N–H and O–H groups in total. The van der Waals surface area contributed by atoms with Crippen LogP contribution in [0.5, 0.6) is 11.5 Å². The maximum atomic E-state index is 12.7. The maximum absolute atomic E-state index is 12.7. The lowest BCUT2D eigenvalue weighted by molar-refractivity contribution is -0.134. The van der Waals surface area contributed by atoms with Crippen LogP contribution in [0.15, 0.2) is 54.9 Å². The third-order valence-corrected chi connectivity index (χ3v) is 6.27. The van der Waals surface area contributed by atoms with Crippen molar-refractivity contribution < 1.29 is 38.9 Å². The molecule has 1 saturated carbocycles. The molecule has 0 unspecified atom stereocenters. The molecule has 2 fully saturated rings. The van der Waals surface area contributed by atoms with Crippen molar-refractivity contribution in [3.8, 4) is 11.5 Å². The van der Waals surface area contributed by atoms with Gasteiger partial charge in [0, 0.05) is 38.1 Å². The number of urea groups is 1. The molecule has 1 aliphatic carbocycles. The standard InChI is InChI=1S/C23H28N4O4.C4H4O4/c1-26-19(13-22(28)27(26)23(29)25-15-16-6-5-11-24-14-16)17-9-10-20(30-2)21(12-17)31-18-7-3-4-8-18;5-3(6)1-2-4(7)8/h5-6,9-12,14,18-19H,3-4,7-8,13,15H2,1-2H3,(H,25,29);1-2H,(H,5,6)(H,7,8)/b;2-1-/t19-;/m0./s1. The molecule has 3 amide bonds. The number of methoxy groups -OCH3 is 1. The molecule has 1 atom stereocenters. The molecule has 1 aliphatic heterocycles. The summed E-state index contributed by atoms with van der Waals surface area (Å²) < 4.78 is 11.7. The number of pyridine rings is 1. The Hall–Kier alpha value is -4.45. The minimum Gasteiger partial charge on any atom is -0.493 e. The van der Waals surface area contributed by atoms with Crippen molar-refractivity contribution in [2.24, 2.45) is 0 Å². The molecule has 0 bridgehead atoms. The summed E-state index contributed by atoms with van der Waals surface area (Å²) in [5, 5.41) is 21.3. The highest BCUT2D eigenvalue weighted by Gasteiger charge is 2.40. The number of nitrogens with zero attached hydrogens (tertiary/aromatic N) is 3. The van der Waals surface area contributed by atoms with Gasteiger partial charge in [-0.3, -0.25) is 9.78 Å². The minimum absolute atomic E-state index is 0.196. The molecule has 1 aromatic carbocycles. The van der Waals surface area contributed by atoms with Crippen molar-refractivity contribution in [1.82, 2.24) is 20.3 Å². The lowest BCUT2D eigenvalue weighted by atomic mass is 10.0. The molecule has 208 valence electrons. The van der Waals surface area contributed by atoms with Crippen LogP contribution >= 0.6 is 0 Å². The Labute approximate surface area is 225 Å². The number of rotatable bonds is 8. The number of imide groups is 1. The molecule has 0 spiro atoms. The Morgan fingerprint density at radius 1 is 1.10 bits per heavy atom. The number of carboxylic acid groups (broad SMARTS) is 2. The summed E-state index contributed by atoms with van der Waals surface area (Å²) in [5.41, 5.74) is 1.78. The highest BCUT2D eigenvalue weighted by Crippen LogP contribution is 2.38. The molecule has 0 radical (unpaired) electrons. The van der Waals surface area contributed by atoms with E-state index in [2.05, 4.69) is 10.3 Å². The number of hydrogen-bond acceptors (Lipinski definition) is 8. The van der Waals surface area contributed by atoms with Gasteiger partial charge in [-0.05, 0) is 55.0 Å². The first-order valence-corrected chi connectivity index (χ1v) is 12.4. The van der Waals surface area contributed by atoms with Gasteiger partial charge in [0.05, 0.1) is 25.7 Å². The number of nitrogens with one attached hydrogen (secondary N) is 1. The number of aromatic nitrogens is 1. The van der Waals surface area contributed by atoms with Crippen LogP contribution in [0.3, 0.4) is 0 Å². The third kappa shape index (κ3) is 8.27. The van der Waals surface area contributed by atoms with Crippen LogP contribution in [0.25, 0.3) is 0 Å². The molecule has 12 nitrogen and oxygen atoms in total. The fourth-order valence-electron chi connectivity index (χ4n) is 4.37. The lowest BCUT2D eigenvalue weighted by Crippen LogP contribution is -2.47. The van der Waals surface area contributed by atoms with Gasteiger partial charge >= 0.3 is 18.0 Å². The smallest absolute Gasteiger partial charge is 0.339 e. The first kappa shape index (κ1) is 29.1. The summed E-state index contributed by atoms with van der Waals surface area (Å²) in [6.45, 7) is 0.302. The average Bonchev–Trinajstić information content (AvgIpc) is 3.54.